The van der Waals surface area contributed by atoms with Crippen LogP contribution in [0.1, 0.15) is 23.7 Å². The van der Waals surface area contributed by atoms with Crippen LogP contribution in [0.4, 0.5) is 8.78 Å². The SMILES string of the molecule is CC1(CN2CCN(C(=O)c3c(F)cccc3F)CC2)CCNC1.Cl. The number of hydrogen-bond donors (Lipinski definition) is 1. The number of amides is 1. The Labute approximate surface area is 147 Å². The summed E-state index contributed by atoms with van der Waals surface area (Å²) in [6, 6.07) is 3.52. The smallest absolute Gasteiger partial charge is 0.259 e. The van der Waals surface area contributed by atoms with Gasteiger partial charge in [-0.05, 0) is 30.5 Å². The molecule has 0 radical (unpaired) electrons. The van der Waals surface area contributed by atoms with Gasteiger partial charge in [0.25, 0.3) is 5.91 Å². The lowest BCUT2D eigenvalue weighted by molar-refractivity contribution is 0.0573. The average Bonchev–Trinajstić information content (AvgIpc) is 2.94. The maximum atomic E-state index is 13.7. The minimum Gasteiger partial charge on any atom is -0.336 e. The molecule has 0 saturated carbocycles. The Morgan fingerprint density at radius 1 is 1.21 bits per heavy atom. The molecular weight excluding hydrogens is 336 g/mol. The van der Waals surface area contributed by atoms with Crippen LogP contribution in [0.25, 0.3) is 0 Å². The summed E-state index contributed by atoms with van der Waals surface area (Å²) in [6.07, 6.45) is 1.16. The van der Waals surface area contributed by atoms with Crippen LogP contribution in [0, 0.1) is 17.0 Å². The molecule has 2 aliphatic rings. The molecule has 24 heavy (non-hydrogen) atoms. The van der Waals surface area contributed by atoms with Crippen molar-refractivity contribution in [2.75, 3.05) is 45.8 Å². The van der Waals surface area contributed by atoms with Gasteiger partial charge >= 0.3 is 0 Å². The fraction of sp³-hybridized carbons (Fsp3) is 0.588. The van der Waals surface area contributed by atoms with Crippen molar-refractivity contribution in [1.29, 1.82) is 0 Å². The number of nitrogens with zero attached hydrogens (tertiary/aromatic N) is 2. The summed E-state index contributed by atoms with van der Waals surface area (Å²) in [5, 5.41) is 3.39. The Morgan fingerprint density at radius 3 is 2.38 bits per heavy atom. The van der Waals surface area contributed by atoms with Crippen molar-refractivity contribution in [2.24, 2.45) is 5.41 Å². The summed E-state index contributed by atoms with van der Waals surface area (Å²) in [7, 11) is 0. The number of nitrogens with one attached hydrogen (secondary N) is 1. The van der Waals surface area contributed by atoms with Gasteiger partial charge in [-0.15, -0.1) is 12.4 Å². The van der Waals surface area contributed by atoms with E-state index in [2.05, 4.69) is 17.1 Å². The fourth-order valence-corrected chi connectivity index (χ4v) is 3.51. The van der Waals surface area contributed by atoms with Crippen LogP contribution < -0.4 is 5.32 Å². The first-order chi connectivity index (χ1) is 11.0. The molecule has 0 aromatic heterocycles. The van der Waals surface area contributed by atoms with Crippen LogP contribution in [0.3, 0.4) is 0 Å². The van der Waals surface area contributed by atoms with Gasteiger partial charge in [-0.2, -0.15) is 0 Å². The second-order valence-electron chi connectivity index (χ2n) is 6.90. The molecule has 3 rings (SSSR count). The Morgan fingerprint density at radius 2 is 1.83 bits per heavy atom. The summed E-state index contributed by atoms with van der Waals surface area (Å²) in [5.41, 5.74) is -0.156. The van der Waals surface area contributed by atoms with Gasteiger partial charge in [-0.3, -0.25) is 9.69 Å². The second kappa shape index (κ2) is 7.76. The van der Waals surface area contributed by atoms with E-state index in [0.717, 1.165) is 51.3 Å². The van der Waals surface area contributed by atoms with E-state index in [1.54, 1.807) is 4.90 Å². The van der Waals surface area contributed by atoms with Crippen molar-refractivity contribution in [2.45, 2.75) is 13.3 Å². The zero-order chi connectivity index (χ0) is 16.4. The van der Waals surface area contributed by atoms with Crippen molar-refractivity contribution in [3.05, 3.63) is 35.4 Å². The minimum absolute atomic E-state index is 0. The first-order valence-electron chi connectivity index (χ1n) is 8.15. The van der Waals surface area contributed by atoms with Gasteiger partial charge in [-0.25, -0.2) is 8.78 Å². The monoisotopic (exact) mass is 359 g/mol. The van der Waals surface area contributed by atoms with E-state index in [4.69, 9.17) is 0 Å². The molecule has 0 aliphatic carbocycles. The predicted molar refractivity (Wildman–Crippen MR) is 91.5 cm³/mol. The van der Waals surface area contributed by atoms with Crippen LogP contribution in [-0.4, -0.2) is 61.5 Å². The Hall–Kier alpha value is -1.24. The van der Waals surface area contributed by atoms with Crippen LogP contribution >= 0.6 is 12.4 Å². The largest absolute Gasteiger partial charge is 0.336 e. The molecule has 4 nitrogen and oxygen atoms in total. The van der Waals surface area contributed by atoms with Crippen LogP contribution in [0.5, 0.6) is 0 Å². The van der Waals surface area contributed by atoms with Gasteiger partial charge in [-0.1, -0.05) is 13.0 Å². The van der Waals surface area contributed by atoms with Gasteiger partial charge < -0.3 is 10.2 Å². The van der Waals surface area contributed by atoms with Gasteiger partial charge in [0.15, 0.2) is 0 Å². The molecule has 2 heterocycles. The summed E-state index contributed by atoms with van der Waals surface area (Å²) in [5.74, 6) is -2.13. The van der Waals surface area contributed by atoms with Gasteiger partial charge in [0, 0.05) is 39.3 Å². The molecule has 1 unspecified atom stereocenters. The lowest BCUT2D eigenvalue weighted by Crippen LogP contribution is -2.51. The summed E-state index contributed by atoms with van der Waals surface area (Å²) in [6.45, 7) is 7.87. The van der Waals surface area contributed by atoms with E-state index in [0.29, 0.717) is 13.1 Å². The number of benzene rings is 1. The molecule has 134 valence electrons. The number of rotatable bonds is 3. The third-order valence-electron chi connectivity index (χ3n) is 4.90. The topological polar surface area (TPSA) is 35.6 Å². The van der Waals surface area contributed by atoms with Crippen molar-refractivity contribution < 1.29 is 13.6 Å². The molecule has 2 fully saturated rings. The zero-order valence-corrected chi connectivity index (χ0v) is 14.7. The summed E-state index contributed by atoms with van der Waals surface area (Å²) < 4.78 is 27.5. The maximum Gasteiger partial charge on any atom is 0.259 e. The number of carbonyl (C=O) groups excluding carboxylic acids is 1. The number of halogens is 3. The quantitative estimate of drug-likeness (QED) is 0.898. The van der Waals surface area contributed by atoms with E-state index < -0.39 is 23.1 Å². The molecule has 1 N–H and O–H groups in total. The Balaban J connectivity index is 0.00000208. The maximum absolute atomic E-state index is 13.7. The molecule has 0 bridgehead atoms. The Bertz CT molecular complexity index is 565. The van der Waals surface area contributed by atoms with Gasteiger partial charge in [0.2, 0.25) is 0 Å². The third kappa shape index (κ3) is 4.05. The highest BCUT2D eigenvalue weighted by Gasteiger charge is 2.33. The van der Waals surface area contributed by atoms with Crippen molar-refractivity contribution in [1.82, 2.24) is 15.1 Å². The zero-order valence-electron chi connectivity index (χ0n) is 13.9. The lowest BCUT2D eigenvalue weighted by atomic mass is 9.89. The number of hydrogen-bond acceptors (Lipinski definition) is 3. The number of piperazine rings is 1. The molecule has 7 heteroatoms. The fourth-order valence-electron chi connectivity index (χ4n) is 3.51. The van der Waals surface area contributed by atoms with Crippen LogP contribution in [0.2, 0.25) is 0 Å². The average molecular weight is 360 g/mol. The predicted octanol–water partition coefficient (Wildman–Crippen LogP) is 2.14. The van der Waals surface area contributed by atoms with Crippen LogP contribution in [0.15, 0.2) is 18.2 Å². The van der Waals surface area contributed by atoms with Crippen molar-refractivity contribution in [3.8, 4) is 0 Å². The lowest BCUT2D eigenvalue weighted by Gasteiger charge is -2.38. The summed E-state index contributed by atoms with van der Waals surface area (Å²) >= 11 is 0. The highest BCUT2D eigenvalue weighted by Crippen LogP contribution is 2.26. The molecule has 1 aromatic carbocycles. The van der Waals surface area contributed by atoms with Crippen molar-refractivity contribution in [3.63, 3.8) is 0 Å². The molecule has 2 aliphatic heterocycles. The number of carbonyl (C=O) groups is 1. The van der Waals surface area contributed by atoms with E-state index in [9.17, 15) is 13.6 Å². The van der Waals surface area contributed by atoms with E-state index in [1.807, 2.05) is 0 Å². The first-order valence-corrected chi connectivity index (χ1v) is 8.15. The van der Waals surface area contributed by atoms with Gasteiger partial charge in [0.1, 0.15) is 17.2 Å². The highest BCUT2D eigenvalue weighted by atomic mass is 35.5. The van der Waals surface area contributed by atoms with E-state index in [1.165, 1.54) is 6.07 Å². The second-order valence-corrected chi connectivity index (χ2v) is 6.90. The molecular formula is C17H24ClF2N3O. The normalized spacial score (nSPS) is 24.7. The van der Waals surface area contributed by atoms with Crippen LogP contribution in [-0.2, 0) is 0 Å². The standard InChI is InChI=1S/C17H23F2N3O.ClH/c1-17(5-6-20-11-17)12-21-7-9-22(10-8-21)16(23)15-13(18)3-2-4-14(15)19;/h2-4,20H,5-12H2,1H3;1H. The van der Waals surface area contributed by atoms with E-state index in [-0.39, 0.29) is 17.8 Å². The molecule has 1 amide bonds. The summed E-state index contributed by atoms with van der Waals surface area (Å²) in [4.78, 5) is 16.3. The molecule has 1 atom stereocenters. The molecule has 0 spiro atoms. The highest BCUT2D eigenvalue weighted by molar-refractivity contribution is 5.94. The first kappa shape index (κ1) is 19.1. The Kier molecular flexibility index (Phi) is 6.17. The van der Waals surface area contributed by atoms with Gasteiger partial charge in [0.05, 0.1) is 0 Å². The molecule has 1 aromatic rings. The van der Waals surface area contributed by atoms with Crippen molar-refractivity contribution >= 4 is 18.3 Å². The van der Waals surface area contributed by atoms with E-state index >= 15 is 0 Å². The molecule has 2 saturated heterocycles. The third-order valence-corrected chi connectivity index (χ3v) is 4.90. The minimum atomic E-state index is -0.790.